The molecule has 0 fully saturated rings. The Labute approximate surface area is 192 Å². The molecule has 2 aromatic heterocycles. The van der Waals surface area contributed by atoms with E-state index in [0.29, 0.717) is 11.2 Å². The van der Waals surface area contributed by atoms with Crippen molar-refractivity contribution in [1.82, 2.24) is 19.9 Å². The number of aromatic nitrogens is 3. The minimum atomic E-state index is -3.41. The number of amides is 1. The Kier molecular flexibility index (Phi) is 5.90. The maximum Gasteiger partial charge on any atom is 0.251 e. The average molecular weight is 464 g/mol. The smallest absolute Gasteiger partial charge is 0.251 e. The molecule has 8 nitrogen and oxygen atoms in total. The van der Waals surface area contributed by atoms with E-state index in [1.165, 1.54) is 6.07 Å². The van der Waals surface area contributed by atoms with Crippen molar-refractivity contribution in [3.63, 3.8) is 0 Å². The lowest BCUT2D eigenvalue weighted by molar-refractivity contribution is 0.0950. The van der Waals surface area contributed by atoms with Crippen LogP contribution >= 0.6 is 0 Å². The van der Waals surface area contributed by atoms with Gasteiger partial charge in [-0.25, -0.2) is 17.9 Å². The first-order valence-corrected chi connectivity index (χ1v) is 12.2. The number of carbonyl (C=O) groups excluding carboxylic acids is 1. The van der Waals surface area contributed by atoms with E-state index in [0.717, 1.165) is 28.8 Å². The Balaban J connectivity index is 1.52. The van der Waals surface area contributed by atoms with Gasteiger partial charge in [0.05, 0.1) is 10.6 Å². The van der Waals surface area contributed by atoms with Crippen molar-refractivity contribution >= 4 is 27.1 Å². The minimum absolute atomic E-state index is 0.153. The van der Waals surface area contributed by atoms with Gasteiger partial charge in [0.25, 0.3) is 5.91 Å². The molecule has 4 aromatic rings. The number of benzene rings is 2. The molecule has 170 valence electrons. The average Bonchev–Trinajstić information content (AvgIpc) is 3.20. The van der Waals surface area contributed by atoms with Gasteiger partial charge in [0.1, 0.15) is 0 Å². The third-order valence-corrected chi connectivity index (χ3v) is 6.57. The SMILES string of the molecule is Cc1ccc(C(=O)NCc2cnc3cc(-c4cccc(N(C)C)c4)nn3c2)cc1S(C)(=O)=O. The highest BCUT2D eigenvalue weighted by Gasteiger charge is 2.15. The zero-order chi connectivity index (χ0) is 23.8. The normalized spacial score (nSPS) is 11.5. The van der Waals surface area contributed by atoms with Crippen LogP contribution in [0.1, 0.15) is 21.5 Å². The van der Waals surface area contributed by atoms with E-state index < -0.39 is 9.84 Å². The van der Waals surface area contributed by atoms with Crippen molar-refractivity contribution in [3.05, 3.63) is 77.6 Å². The molecule has 33 heavy (non-hydrogen) atoms. The summed E-state index contributed by atoms with van der Waals surface area (Å²) in [5, 5.41) is 7.45. The van der Waals surface area contributed by atoms with Crippen LogP contribution < -0.4 is 10.2 Å². The van der Waals surface area contributed by atoms with Gasteiger partial charge in [0.15, 0.2) is 15.5 Å². The lowest BCUT2D eigenvalue weighted by atomic mass is 10.1. The molecule has 0 radical (unpaired) electrons. The van der Waals surface area contributed by atoms with Gasteiger partial charge >= 0.3 is 0 Å². The van der Waals surface area contributed by atoms with Crippen LogP contribution in [0.3, 0.4) is 0 Å². The first kappa shape index (κ1) is 22.5. The summed E-state index contributed by atoms with van der Waals surface area (Å²) in [4.78, 5) is 19.2. The van der Waals surface area contributed by atoms with Gasteiger partial charge in [-0.05, 0) is 36.8 Å². The van der Waals surface area contributed by atoms with Crippen molar-refractivity contribution < 1.29 is 13.2 Å². The van der Waals surface area contributed by atoms with Crippen LogP contribution in [0, 0.1) is 6.92 Å². The number of carbonyl (C=O) groups is 1. The quantitative estimate of drug-likeness (QED) is 0.472. The molecular weight excluding hydrogens is 438 g/mol. The summed E-state index contributed by atoms with van der Waals surface area (Å²) in [5.41, 5.74) is 5.24. The van der Waals surface area contributed by atoms with Crippen LogP contribution in [0.4, 0.5) is 5.69 Å². The second kappa shape index (κ2) is 8.67. The van der Waals surface area contributed by atoms with Crippen LogP contribution in [0.15, 0.2) is 65.8 Å². The summed E-state index contributed by atoms with van der Waals surface area (Å²) >= 11 is 0. The fourth-order valence-electron chi connectivity index (χ4n) is 3.52. The maximum absolute atomic E-state index is 12.6. The molecule has 0 spiro atoms. The van der Waals surface area contributed by atoms with Gasteiger partial charge in [0, 0.05) is 67.7 Å². The zero-order valence-electron chi connectivity index (χ0n) is 18.9. The molecule has 0 bridgehead atoms. The van der Waals surface area contributed by atoms with Gasteiger partial charge in [-0.2, -0.15) is 5.10 Å². The highest BCUT2D eigenvalue weighted by Crippen LogP contribution is 2.23. The summed E-state index contributed by atoms with van der Waals surface area (Å²) in [5.74, 6) is -0.360. The van der Waals surface area contributed by atoms with E-state index in [1.807, 2.05) is 49.5 Å². The van der Waals surface area contributed by atoms with E-state index in [4.69, 9.17) is 0 Å². The summed E-state index contributed by atoms with van der Waals surface area (Å²) in [6.45, 7) is 1.93. The standard InChI is InChI=1S/C24H25N5O3S/c1-16-8-9-19(11-22(16)33(4,31)32)24(30)26-14-17-13-25-23-12-21(27-29(23)15-17)18-6-5-7-20(10-18)28(2)3/h5-13,15H,14H2,1-4H3,(H,26,30). The third-order valence-electron chi connectivity index (χ3n) is 5.33. The molecule has 0 unspecified atom stereocenters. The van der Waals surface area contributed by atoms with E-state index >= 15 is 0 Å². The predicted molar refractivity (Wildman–Crippen MR) is 128 cm³/mol. The molecule has 0 saturated heterocycles. The van der Waals surface area contributed by atoms with E-state index in [9.17, 15) is 13.2 Å². The number of hydrogen-bond acceptors (Lipinski definition) is 6. The van der Waals surface area contributed by atoms with Crippen LogP contribution in [0.25, 0.3) is 16.9 Å². The zero-order valence-corrected chi connectivity index (χ0v) is 19.7. The van der Waals surface area contributed by atoms with E-state index in [-0.39, 0.29) is 22.9 Å². The van der Waals surface area contributed by atoms with Crippen LogP contribution in [-0.4, -0.2) is 49.3 Å². The number of sulfone groups is 1. The fourth-order valence-corrected chi connectivity index (χ4v) is 4.51. The molecule has 0 aliphatic rings. The second-order valence-electron chi connectivity index (χ2n) is 8.17. The Morgan fingerprint density at radius 1 is 1.12 bits per heavy atom. The highest BCUT2D eigenvalue weighted by molar-refractivity contribution is 7.90. The first-order valence-electron chi connectivity index (χ1n) is 10.3. The molecule has 0 aliphatic carbocycles. The van der Waals surface area contributed by atoms with Gasteiger partial charge in [-0.1, -0.05) is 18.2 Å². The first-order chi connectivity index (χ1) is 15.6. The van der Waals surface area contributed by atoms with Gasteiger partial charge < -0.3 is 10.2 Å². The molecule has 0 atom stereocenters. The van der Waals surface area contributed by atoms with Gasteiger partial charge in [0.2, 0.25) is 0 Å². The molecule has 0 aliphatic heterocycles. The molecule has 1 amide bonds. The lowest BCUT2D eigenvalue weighted by Crippen LogP contribution is -2.23. The van der Waals surface area contributed by atoms with Gasteiger partial charge in [-0.15, -0.1) is 0 Å². The molecule has 2 aromatic carbocycles. The number of fused-ring (bicyclic) bond motifs is 1. The molecular formula is C24H25N5O3S. The monoisotopic (exact) mass is 463 g/mol. The number of rotatable bonds is 6. The van der Waals surface area contributed by atoms with Crippen LogP contribution in [0.5, 0.6) is 0 Å². The number of anilines is 1. The van der Waals surface area contributed by atoms with Crippen LogP contribution in [0.2, 0.25) is 0 Å². The molecule has 1 N–H and O–H groups in total. The van der Waals surface area contributed by atoms with Gasteiger partial charge in [-0.3, -0.25) is 4.79 Å². The minimum Gasteiger partial charge on any atom is -0.378 e. The Hall–Kier alpha value is -3.72. The topological polar surface area (TPSA) is 96.7 Å². The number of nitrogens with one attached hydrogen (secondary N) is 1. The Bertz CT molecular complexity index is 1460. The summed E-state index contributed by atoms with van der Waals surface area (Å²) in [7, 11) is 0.566. The van der Waals surface area contributed by atoms with Crippen molar-refractivity contribution in [2.24, 2.45) is 0 Å². The van der Waals surface area contributed by atoms with Crippen molar-refractivity contribution in [1.29, 1.82) is 0 Å². The number of hydrogen-bond donors (Lipinski definition) is 1. The Morgan fingerprint density at radius 3 is 2.64 bits per heavy atom. The summed E-state index contributed by atoms with van der Waals surface area (Å²) in [6, 6.07) is 14.7. The molecule has 2 heterocycles. The Morgan fingerprint density at radius 2 is 1.91 bits per heavy atom. The molecule has 0 saturated carbocycles. The number of aryl methyl sites for hydroxylation is 1. The maximum atomic E-state index is 12.6. The van der Waals surface area contributed by atoms with E-state index in [1.54, 1.807) is 29.8 Å². The number of nitrogens with zero attached hydrogens (tertiary/aromatic N) is 4. The third kappa shape index (κ3) is 4.88. The predicted octanol–water partition coefficient (Wildman–Crippen LogP) is 3.10. The van der Waals surface area contributed by atoms with E-state index in [2.05, 4.69) is 21.5 Å². The van der Waals surface area contributed by atoms with Crippen molar-refractivity contribution in [2.45, 2.75) is 18.4 Å². The van der Waals surface area contributed by atoms with Crippen LogP contribution in [-0.2, 0) is 16.4 Å². The second-order valence-corrected chi connectivity index (χ2v) is 10.2. The van der Waals surface area contributed by atoms with Crippen molar-refractivity contribution in [2.75, 3.05) is 25.3 Å². The molecule has 9 heteroatoms. The van der Waals surface area contributed by atoms with Crippen molar-refractivity contribution in [3.8, 4) is 11.3 Å². The highest BCUT2D eigenvalue weighted by atomic mass is 32.2. The molecule has 4 rings (SSSR count). The fraction of sp³-hybridized carbons (Fsp3) is 0.208. The summed E-state index contributed by atoms with van der Waals surface area (Å²) < 4.78 is 25.6. The summed E-state index contributed by atoms with van der Waals surface area (Å²) in [6.07, 6.45) is 4.64. The lowest BCUT2D eigenvalue weighted by Gasteiger charge is -2.12. The largest absolute Gasteiger partial charge is 0.378 e.